The van der Waals surface area contributed by atoms with Crippen molar-refractivity contribution in [3.05, 3.63) is 75.7 Å². The van der Waals surface area contributed by atoms with Crippen LogP contribution < -0.4 is 10.3 Å². The molecule has 1 aromatic heterocycles. The third-order valence-electron chi connectivity index (χ3n) is 5.40. The lowest BCUT2D eigenvalue weighted by Gasteiger charge is -2.12. The molecule has 0 aliphatic rings. The Bertz CT molecular complexity index is 1200. The molecule has 30 heavy (non-hydrogen) atoms. The molecule has 0 atom stereocenters. The molecule has 7 heteroatoms. The van der Waals surface area contributed by atoms with Gasteiger partial charge in [-0.3, -0.25) is 14.2 Å². The summed E-state index contributed by atoms with van der Waals surface area (Å²) in [6.07, 6.45) is 0. The largest absolute Gasteiger partial charge is 0.285 e. The minimum absolute atomic E-state index is 0.0797. The highest BCUT2D eigenvalue weighted by Crippen LogP contribution is 2.22. The number of nitrogens with zero attached hydrogens (tertiary/aromatic N) is 2. The summed E-state index contributed by atoms with van der Waals surface area (Å²) in [5.41, 5.74) is 3.87. The maximum absolute atomic E-state index is 12.9. The maximum atomic E-state index is 12.9. The van der Waals surface area contributed by atoms with Crippen molar-refractivity contribution < 1.29 is 8.42 Å². The first kappa shape index (κ1) is 21.9. The fraction of sp³-hybridized carbons (Fsp3) is 0.348. The van der Waals surface area contributed by atoms with Gasteiger partial charge in [0.25, 0.3) is 15.6 Å². The van der Waals surface area contributed by atoms with Crippen LogP contribution in [0.2, 0.25) is 0 Å². The molecule has 1 heterocycles. The average Bonchev–Trinajstić information content (AvgIpc) is 2.90. The van der Waals surface area contributed by atoms with Crippen LogP contribution in [0.1, 0.15) is 56.4 Å². The van der Waals surface area contributed by atoms with E-state index in [1.54, 1.807) is 33.6 Å². The van der Waals surface area contributed by atoms with Crippen LogP contribution in [0, 0.1) is 6.92 Å². The van der Waals surface area contributed by atoms with Crippen LogP contribution in [0.4, 0.5) is 5.69 Å². The summed E-state index contributed by atoms with van der Waals surface area (Å²) in [6, 6.07) is 13.7. The van der Waals surface area contributed by atoms with E-state index in [0.717, 1.165) is 16.8 Å². The Morgan fingerprint density at radius 2 is 1.43 bits per heavy atom. The number of benzene rings is 2. The molecule has 0 bridgehead atoms. The van der Waals surface area contributed by atoms with Gasteiger partial charge in [-0.25, -0.2) is 13.1 Å². The van der Waals surface area contributed by atoms with Crippen LogP contribution in [0.15, 0.2) is 58.2 Å². The van der Waals surface area contributed by atoms with Crippen molar-refractivity contribution in [1.82, 2.24) is 9.36 Å². The number of aromatic nitrogens is 2. The maximum Gasteiger partial charge on any atom is 0.275 e. The molecular formula is C23H29N3O3S. The lowest BCUT2D eigenvalue weighted by molar-refractivity contribution is 0.601. The van der Waals surface area contributed by atoms with Gasteiger partial charge in [-0.2, -0.15) is 0 Å². The van der Waals surface area contributed by atoms with Crippen LogP contribution in [-0.4, -0.2) is 17.8 Å². The number of nitrogens with one attached hydrogen (secondary N) is 1. The Hall–Kier alpha value is -2.80. The molecule has 0 saturated carbocycles. The average molecular weight is 428 g/mol. The third kappa shape index (κ3) is 4.07. The first-order chi connectivity index (χ1) is 14.0. The second kappa shape index (κ2) is 8.14. The topological polar surface area (TPSA) is 73.1 Å². The SMILES string of the molecule is Cc1c(C(C)C)c(=O)n(-c2ccc(S(=O)(=O)Nc3ccc(C(C)C)cc3)cc2)n1C. The monoisotopic (exact) mass is 427 g/mol. The van der Waals surface area contributed by atoms with E-state index < -0.39 is 10.0 Å². The smallest absolute Gasteiger partial charge is 0.275 e. The molecule has 160 valence electrons. The summed E-state index contributed by atoms with van der Waals surface area (Å²) in [5, 5.41) is 0. The van der Waals surface area contributed by atoms with Gasteiger partial charge in [-0.1, -0.05) is 39.8 Å². The van der Waals surface area contributed by atoms with Crippen molar-refractivity contribution in [2.45, 2.75) is 51.3 Å². The highest BCUT2D eigenvalue weighted by atomic mass is 32.2. The van der Waals surface area contributed by atoms with E-state index in [0.29, 0.717) is 17.3 Å². The molecule has 0 unspecified atom stereocenters. The Kier molecular flexibility index (Phi) is 5.94. The number of hydrogen-bond acceptors (Lipinski definition) is 3. The summed E-state index contributed by atoms with van der Waals surface area (Å²) in [5.74, 6) is 0.486. The van der Waals surface area contributed by atoms with Crippen LogP contribution >= 0.6 is 0 Å². The summed E-state index contributed by atoms with van der Waals surface area (Å²) in [4.78, 5) is 13.0. The molecule has 1 N–H and O–H groups in total. The molecule has 3 aromatic rings. The molecule has 2 aromatic carbocycles. The van der Waals surface area contributed by atoms with Crippen molar-refractivity contribution in [3.8, 4) is 5.69 Å². The van der Waals surface area contributed by atoms with Crippen LogP contribution in [0.25, 0.3) is 5.69 Å². The quantitative estimate of drug-likeness (QED) is 0.628. The van der Waals surface area contributed by atoms with Crippen molar-refractivity contribution in [3.63, 3.8) is 0 Å². The fourth-order valence-electron chi connectivity index (χ4n) is 3.60. The van der Waals surface area contributed by atoms with E-state index in [2.05, 4.69) is 18.6 Å². The molecule has 0 spiro atoms. The van der Waals surface area contributed by atoms with E-state index in [4.69, 9.17) is 0 Å². The lowest BCUT2D eigenvalue weighted by atomic mass is 10.0. The van der Waals surface area contributed by atoms with Crippen molar-refractivity contribution in [2.75, 3.05) is 4.72 Å². The van der Waals surface area contributed by atoms with Gasteiger partial charge in [0.05, 0.1) is 10.6 Å². The molecule has 0 saturated heterocycles. The van der Waals surface area contributed by atoms with Gasteiger partial charge in [0.15, 0.2) is 0 Å². The van der Waals surface area contributed by atoms with Crippen molar-refractivity contribution in [1.29, 1.82) is 0 Å². The van der Waals surface area contributed by atoms with E-state index in [1.165, 1.54) is 12.1 Å². The van der Waals surface area contributed by atoms with Gasteiger partial charge >= 0.3 is 0 Å². The number of rotatable bonds is 6. The normalized spacial score (nSPS) is 12.0. The van der Waals surface area contributed by atoms with Crippen LogP contribution in [-0.2, 0) is 17.1 Å². The number of hydrogen-bond donors (Lipinski definition) is 1. The zero-order valence-corrected chi connectivity index (χ0v) is 19.1. The highest BCUT2D eigenvalue weighted by Gasteiger charge is 2.19. The number of sulfonamides is 1. The predicted molar refractivity (Wildman–Crippen MR) is 121 cm³/mol. The molecule has 0 fully saturated rings. The van der Waals surface area contributed by atoms with Gasteiger partial charge in [0, 0.05) is 24.0 Å². The van der Waals surface area contributed by atoms with Gasteiger partial charge < -0.3 is 0 Å². The first-order valence-electron chi connectivity index (χ1n) is 10.0. The molecule has 6 nitrogen and oxygen atoms in total. The Labute approximate surface area is 178 Å². The molecule has 0 aliphatic carbocycles. The van der Waals surface area contributed by atoms with E-state index in [-0.39, 0.29) is 16.4 Å². The van der Waals surface area contributed by atoms with Gasteiger partial charge in [-0.15, -0.1) is 0 Å². The number of anilines is 1. The second-order valence-corrected chi connectivity index (χ2v) is 9.85. The molecule has 0 aliphatic heterocycles. The van der Waals surface area contributed by atoms with Gasteiger partial charge in [0.2, 0.25) is 0 Å². The highest BCUT2D eigenvalue weighted by molar-refractivity contribution is 7.92. The Balaban J connectivity index is 1.90. The molecule has 0 radical (unpaired) electrons. The van der Waals surface area contributed by atoms with Crippen molar-refractivity contribution >= 4 is 15.7 Å². The van der Waals surface area contributed by atoms with E-state index in [9.17, 15) is 13.2 Å². The van der Waals surface area contributed by atoms with Crippen LogP contribution in [0.5, 0.6) is 0 Å². The van der Waals surface area contributed by atoms with E-state index >= 15 is 0 Å². The van der Waals surface area contributed by atoms with Crippen LogP contribution in [0.3, 0.4) is 0 Å². The zero-order chi connectivity index (χ0) is 22.2. The summed E-state index contributed by atoms with van der Waals surface area (Å²) in [7, 11) is -1.90. The van der Waals surface area contributed by atoms with Gasteiger partial charge in [0.1, 0.15) is 0 Å². The molecular weight excluding hydrogens is 398 g/mol. The molecule has 3 rings (SSSR count). The van der Waals surface area contributed by atoms with E-state index in [1.807, 2.05) is 40.0 Å². The summed E-state index contributed by atoms with van der Waals surface area (Å²) >= 11 is 0. The minimum Gasteiger partial charge on any atom is -0.285 e. The van der Waals surface area contributed by atoms with Gasteiger partial charge in [-0.05, 0) is 60.7 Å². The zero-order valence-electron chi connectivity index (χ0n) is 18.3. The molecule has 0 amide bonds. The Morgan fingerprint density at radius 1 is 0.867 bits per heavy atom. The minimum atomic E-state index is -3.73. The summed E-state index contributed by atoms with van der Waals surface area (Å²) < 4.78 is 31.5. The fourth-order valence-corrected chi connectivity index (χ4v) is 4.66. The third-order valence-corrected chi connectivity index (χ3v) is 6.79. The first-order valence-corrected chi connectivity index (χ1v) is 11.5. The second-order valence-electron chi connectivity index (χ2n) is 8.17. The van der Waals surface area contributed by atoms with Crippen molar-refractivity contribution in [2.24, 2.45) is 7.05 Å². The summed E-state index contributed by atoms with van der Waals surface area (Å²) in [6.45, 7) is 10.1. The predicted octanol–water partition coefficient (Wildman–Crippen LogP) is 4.53. The lowest BCUT2D eigenvalue weighted by Crippen LogP contribution is -2.21. The Morgan fingerprint density at radius 3 is 1.90 bits per heavy atom. The standard InChI is InChI=1S/C23H29N3O3S/c1-15(2)18-7-9-19(10-8-18)24-30(28,29)21-13-11-20(12-14-21)26-23(27)22(16(3)4)17(5)25(26)6/h7-16,24H,1-6H3.